The fraction of sp³-hybridized carbons (Fsp3) is 0.636. The van der Waals surface area contributed by atoms with Gasteiger partial charge in [-0.1, -0.05) is 19.3 Å². The maximum atomic E-state index is 10.8. The summed E-state index contributed by atoms with van der Waals surface area (Å²) in [5.41, 5.74) is 0.184. The second-order valence-electron chi connectivity index (χ2n) is 4.21. The summed E-state index contributed by atoms with van der Waals surface area (Å²) in [7, 11) is 0. The number of thiazole rings is 1. The van der Waals surface area contributed by atoms with Crippen molar-refractivity contribution in [1.29, 1.82) is 0 Å². The highest BCUT2D eigenvalue weighted by molar-refractivity contribution is 7.15. The van der Waals surface area contributed by atoms with Gasteiger partial charge in [0.05, 0.1) is 0 Å². The van der Waals surface area contributed by atoms with Crippen molar-refractivity contribution >= 4 is 22.4 Å². The van der Waals surface area contributed by atoms with Gasteiger partial charge in [-0.25, -0.2) is 9.78 Å². The van der Waals surface area contributed by atoms with Gasteiger partial charge >= 0.3 is 5.97 Å². The summed E-state index contributed by atoms with van der Waals surface area (Å²) in [6.07, 6.45) is 6.17. The van der Waals surface area contributed by atoms with Gasteiger partial charge in [-0.3, -0.25) is 0 Å². The zero-order chi connectivity index (χ0) is 11.5. The Morgan fingerprint density at radius 1 is 1.44 bits per heavy atom. The van der Waals surface area contributed by atoms with E-state index in [2.05, 4.69) is 10.3 Å². The number of anilines is 1. The van der Waals surface area contributed by atoms with E-state index in [0.717, 1.165) is 10.0 Å². The Bertz CT molecular complexity index is 383. The molecule has 5 heteroatoms. The summed E-state index contributed by atoms with van der Waals surface area (Å²) >= 11 is 1.43. The highest BCUT2D eigenvalue weighted by Gasteiger charge is 2.18. The van der Waals surface area contributed by atoms with Gasteiger partial charge in [-0.05, 0) is 19.8 Å². The molecule has 1 saturated carbocycles. The van der Waals surface area contributed by atoms with Gasteiger partial charge in [0, 0.05) is 10.9 Å². The minimum Gasteiger partial charge on any atom is -0.476 e. The Hall–Kier alpha value is -1.10. The van der Waals surface area contributed by atoms with Crippen LogP contribution in [0.1, 0.15) is 47.5 Å². The largest absolute Gasteiger partial charge is 0.476 e. The SMILES string of the molecule is Cc1sc(NC2CCCCC2)nc1C(=O)O. The standard InChI is InChI=1S/C11H16N2O2S/c1-7-9(10(14)15)13-11(16-7)12-8-5-3-2-4-6-8/h8H,2-6H2,1H3,(H,12,13)(H,14,15). The van der Waals surface area contributed by atoms with Crippen molar-refractivity contribution in [3.05, 3.63) is 10.6 Å². The third-order valence-electron chi connectivity index (χ3n) is 2.93. The summed E-state index contributed by atoms with van der Waals surface area (Å²) < 4.78 is 0. The highest BCUT2D eigenvalue weighted by Crippen LogP contribution is 2.26. The minimum absolute atomic E-state index is 0.184. The maximum absolute atomic E-state index is 10.8. The van der Waals surface area contributed by atoms with E-state index in [1.54, 1.807) is 6.92 Å². The zero-order valence-corrected chi connectivity index (χ0v) is 10.1. The molecule has 1 heterocycles. The van der Waals surface area contributed by atoms with Crippen molar-refractivity contribution in [2.24, 2.45) is 0 Å². The molecule has 0 unspecified atom stereocenters. The molecule has 1 fully saturated rings. The van der Waals surface area contributed by atoms with Crippen molar-refractivity contribution in [2.75, 3.05) is 5.32 Å². The molecule has 0 atom stereocenters. The molecule has 1 aliphatic rings. The van der Waals surface area contributed by atoms with E-state index >= 15 is 0 Å². The van der Waals surface area contributed by atoms with Crippen LogP contribution in [0.25, 0.3) is 0 Å². The molecule has 1 aromatic heterocycles. The lowest BCUT2D eigenvalue weighted by Crippen LogP contribution is -2.22. The molecule has 88 valence electrons. The number of rotatable bonds is 3. The summed E-state index contributed by atoms with van der Waals surface area (Å²) in [5, 5.41) is 13.0. The van der Waals surface area contributed by atoms with Crippen LogP contribution in [0.2, 0.25) is 0 Å². The van der Waals surface area contributed by atoms with Gasteiger partial charge in [0.2, 0.25) is 0 Å². The van der Waals surface area contributed by atoms with Crippen LogP contribution in [-0.2, 0) is 0 Å². The van der Waals surface area contributed by atoms with E-state index in [0.29, 0.717) is 6.04 Å². The molecule has 0 aromatic carbocycles. The third-order valence-corrected chi connectivity index (χ3v) is 3.83. The number of aromatic carboxylic acids is 1. The summed E-state index contributed by atoms with van der Waals surface area (Å²) in [6.45, 7) is 1.80. The number of hydrogen-bond acceptors (Lipinski definition) is 4. The Balaban J connectivity index is 2.03. The number of nitrogens with zero attached hydrogens (tertiary/aromatic N) is 1. The Morgan fingerprint density at radius 2 is 2.12 bits per heavy atom. The number of aryl methyl sites for hydroxylation is 1. The lowest BCUT2D eigenvalue weighted by atomic mass is 9.96. The first-order valence-corrected chi connectivity index (χ1v) is 6.45. The smallest absolute Gasteiger partial charge is 0.355 e. The van der Waals surface area contributed by atoms with E-state index < -0.39 is 5.97 Å². The van der Waals surface area contributed by atoms with E-state index in [4.69, 9.17) is 5.11 Å². The van der Waals surface area contributed by atoms with Gasteiger partial charge in [-0.15, -0.1) is 11.3 Å². The van der Waals surface area contributed by atoms with Crippen molar-refractivity contribution in [1.82, 2.24) is 4.98 Å². The molecular formula is C11H16N2O2S. The number of aromatic nitrogens is 1. The van der Waals surface area contributed by atoms with Gasteiger partial charge in [0.1, 0.15) is 0 Å². The molecule has 2 N–H and O–H groups in total. The summed E-state index contributed by atoms with van der Waals surface area (Å²) in [6, 6.07) is 0.473. The van der Waals surface area contributed by atoms with Crippen LogP contribution in [0.3, 0.4) is 0 Å². The van der Waals surface area contributed by atoms with Gasteiger partial charge in [-0.2, -0.15) is 0 Å². The lowest BCUT2D eigenvalue weighted by Gasteiger charge is -2.22. The van der Waals surface area contributed by atoms with Crippen LogP contribution in [0, 0.1) is 6.92 Å². The molecule has 0 saturated heterocycles. The average molecular weight is 240 g/mol. The Kier molecular flexibility index (Phi) is 3.43. The average Bonchev–Trinajstić information content (AvgIpc) is 2.61. The lowest BCUT2D eigenvalue weighted by molar-refractivity contribution is 0.0690. The number of nitrogens with one attached hydrogen (secondary N) is 1. The van der Waals surface area contributed by atoms with E-state index in [1.807, 2.05) is 0 Å². The molecule has 0 spiro atoms. The van der Waals surface area contributed by atoms with Gasteiger partial charge < -0.3 is 10.4 Å². The molecule has 0 aliphatic heterocycles. The summed E-state index contributed by atoms with van der Waals surface area (Å²) in [4.78, 5) is 15.7. The first kappa shape index (κ1) is 11.4. The van der Waals surface area contributed by atoms with Crippen LogP contribution >= 0.6 is 11.3 Å². The topological polar surface area (TPSA) is 62.2 Å². The molecule has 0 bridgehead atoms. The predicted molar refractivity (Wildman–Crippen MR) is 64.3 cm³/mol. The van der Waals surface area contributed by atoms with Crippen LogP contribution < -0.4 is 5.32 Å². The van der Waals surface area contributed by atoms with E-state index in [9.17, 15) is 4.79 Å². The first-order valence-electron chi connectivity index (χ1n) is 5.64. The molecular weight excluding hydrogens is 224 g/mol. The molecule has 0 radical (unpaired) electrons. The van der Waals surface area contributed by atoms with Crippen molar-refractivity contribution in [3.63, 3.8) is 0 Å². The molecule has 1 aromatic rings. The maximum Gasteiger partial charge on any atom is 0.355 e. The quantitative estimate of drug-likeness (QED) is 0.852. The third kappa shape index (κ3) is 2.52. The van der Waals surface area contributed by atoms with Crippen LogP contribution in [0.5, 0.6) is 0 Å². The van der Waals surface area contributed by atoms with Crippen LogP contribution in [0.4, 0.5) is 5.13 Å². The van der Waals surface area contributed by atoms with Crippen LogP contribution in [-0.4, -0.2) is 22.1 Å². The molecule has 0 amide bonds. The van der Waals surface area contributed by atoms with Gasteiger partial charge in [0.15, 0.2) is 10.8 Å². The van der Waals surface area contributed by atoms with Crippen molar-refractivity contribution in [2.45, 2.75) is 45.1 Å². The fourth-order valence-corrected chi connectivity index (χ4v) is 2.96. The van der Waals surface area contributed by atoms with Crippen LogP contribution in [0.15, 0.2) is 0 Å². The van der Waals surface area contributed by atoms with E-state index in [1.165, 1.54) is 43.4 Å². The monoisotopic (exact) mass is 240 g/mol. The molecule has 16 heavy (non-hydrogen) atoms. The number of carboxylic acid groups (broad SMARTS) is 1. The van der Waals surface area contributed by atoms with Gasteiger partial charge in [0.25, 0.3) is 0 Å². The molecule has 1 aliphatic carbocycles. The molecule has 4 nitrogen and oxygen atoms in total. The highest BCUT2D eigenvalue weighted by atomic mass is 32.1. The summed E-state index contributed by atoms with van der Waals surface area (Å²) in [5.74, 6) is -0.939. The Morgan fingerprint density at radius 3 is 2.69 bits per heavy atom. The first-order chi connectivity index (χ1) is 7.66. The second kappa shape index (κ2) is 4.82. The van der Waals surface area contributed by atoms with Crippen molar-refractivity contribution < 1.29 is 9.90 Å². The zero-order valence-electron chi connectivity index (χ0n) is 9.32. The fourth-order valence-electron chi connectivity index (χ4n) is 2.08. The Labute approximate surface area is 98.7 Å². The number of carboxylic acids is 1. The van der Waals surface area contributed by atoms with Crippen molar-refractivity contribution in [3.8, 4) is 0 Å². The normalized spacial score (nSPS) is 17.3. The predicted octanol–water partition coefficient (Wildman–Crippen LogP) is 2.89. The number of carbonyl (C=O) groups is 1. The number of hydrogen-bond donors (Lipinski definition) is 2. The molecule has 2 rings (SSSR count). The second-order valence-corrected chi connectivity index (χ2v) is 5.41. The van der Waals surface area contributed by atoms with E-state index in [-0.39, 0.29) is 5.69 Å². The minimum atomic E-state index is -0.939.